The minimum absolute atomic E-state index is 0.0490. The predicted octanol–water partition coefficient (Wildman–Crippen LogP) is 2.89. The van der Waals surface area contributed by atoms with Crippen LogP contribution in [0.15, 0.2) is 36.5 Å². The van der Waals surface area contributed by atoms with Gasteiger partial charge in [-0.05, 0) is 30.8 Å². The Bertz CT molecular complexity index is 802. The molecular formula is C17H19ClN5O2S+. The molecule has 0 amide bonds. The number of hydrogen-bond acceptors (Lipinski definition) is 4. The molecule has 7 nitrogen and oxygen atoms in total. The Morgan fingerprint density at radius 1 is 1.27 bits per heavy atom. The number of rotatable bonds is 3. The molecule has 0 saturated carbocycles. The van der Waals surface area contributed by atoms with Gasteiger partial charge in [0.15, 0.2) is 11.3 Å². The van der Waals surface area contributed by atoms with E-state index in [0.29, 0.717) is 10.1 Å². The minimum Gasteiger partial charge on any atom is -0.341 e. The maximum absolute atomic E-state index is 10.7. The fourth-order valence-corrected chi connectivity index (χ4v) is 3.40. The molecule has 3 rings (SSSR count). The van der Waals surface area contributed by atoms with Crippen LogP contribution in [-0.4, -0.2) is 41.1 Å². The van der Waals surface area contributed by atoms with E-state index >= 15 is 0 Å². The van der Waals surface area contributed by atoms with Crippen LogP contribution < -0.4 is 15.2 Å². The molecule has 1 aliphatic heterocycles. The molecule has 0 bridgehead atoms. The van der Waals surface area contributed by atoms with Gasteiger partial charge in [0.05, 0.1) is 28.7 Å². The predicted molar refractivity (Wildman–Crippen MR) is 106 cm³/mol. The molecule has 0 spiro atoms. The average molecular weight is 393 g/mol. The van der Waals surface area contributed by atoms with Crippen LogP contribution in [0.2, 0.25) is 5.02 Å². The number of aromatic nitrogens is 1. The third-order valence-electron chi connectivity index (χ3n) is 4.35. The lowest BCUT2D eigenvalue weighted by atomic mass is 10.2. The van der Waals surface area contributed by atoms with Crippen LogP contribution in [0.1, 0.15) is 5.56 Å². The van der Waals surface area contributed by atoms with Crippen LogP contribution in [0.5, 0.6) is 0 Å². The Hall–Kier alpha value is -2.45. The van der Waals surface area contributed by atoms with Crippen LogP contribution in [0.3, 0.4) is 0 Å². The quantitative estimate of drug-likeness (QED) is 0.491. The zero-order valence-electron chi connectivity index (χ0n) is 14.2. The topological polar surface area (TPSA) is 75.8 Å². The van der Waals surface area contributed by atoms with Gasteiger partial charge in [-0.1, -0.05) is 23.7 Å². The number of nitrogens with zero attached hydrogens (tertiary/aromatic N) is 3. The SMILES string of the molecule is Cc1cccc(Cl)c1NC(=S)N1CCN(c2ccc([N+](=O)[O-])c[nH+]2)CC1. The number of piperazine rings is 1. The summed E-state index contributed by atoms with van der Waals surface area (Å²) < 4.78 is 0. The number of thiocarbonyl (C=S) groups is 1. The van der Waals surface area contributed by atoms with Crippen molar-refractivity contribution in [1.82, 2.24) is 4.90 Å². The summed E-state index contributed by atoms with van der Waals surface area (Å²) in [6.45, 7) is 5.01. The standard InChI is InChI=1S/C17H18ClN5O2S/c1-12-3-2-4-14(18)16(12)20-17(26)22-9-7-21(8-10-22)15-6-5-13(11-19-15)23(24)25/h2-6,11H,7-10H2,1H3,(H,20,26)/p+1. The van der Waals surface area contributed by atoms with Crippen LogP contribution >= 0.6 is 23.8 Å². The number of nitrogens with one attached hydrogen (secondary N) is 2. The largest absolute Gasteiger partial charge is 0.341 e. The molecule has 0 unspecified atom stereocenters. The number of anilines is 2. The molecule has 2 heterocycles. The van der Waals surface area contributed by atoms with Gasteiger partial charge in [-0.15, -0.1) is 0 Å². The fourth-order valence-electron chi connectivity index (χ4n) is 2.85. The van der Waals surface area contributed by atoms with E-state index in [9.17, 15) is 10.1 Å². The molecule has 1 aliphatic rings. The Morgan fingerprint density at radius 2 is 2.00 bits per heavy atom. The number of halogens is 1. The van der Waals surface area contributed by atoms with Gasteiger partial charge in [0.1, 0.15) is 13.1 Å². The first kappa shape index (κ1) is 18.3. The van der Waals surface area contributed by atoms with E-state index in [0.717, 1.165) is 43.2 Å². The first-order valence-electron chi connectivity index (χ1n) is 8.18. The summed E-state index contributed by atoms with van der Waals surface area (Å²) >= 11 is 11.8. The van der Waals surface area contributed by atoms with E-state index in [2.05, 4.69) is 20.1 Å². The monoisotopic (exact) mass is 392 g/mol. The van der Waals surface area contributed by atoms with Gasteiger partial charge in [0, 0.05) is 12.1 Å². The zero-order valence-corrected chi connectivity index (χ0v) is 15.8. The highest BCUT2D eigenvalue weighted by Gasteiger charge is 2.25. The third-order valence-corrected chi connectivity index (χ3v) is 5.03. The highest BCUT2D eigenvalue weighted by Crippen LogP contribution is 2.25. The van der Waals surface area contributed by atoms with E-state index in [1.54, 1.807) is 6.07 Å². The summed E-state index contributed by atoms with van der Waals surface area (Å²) in [7, 11) is 0. The van der Waals surface area contributed by atoms with Gasteiger partial charge in [0.2, 0.25) is 0 Å². The summed E-state index contributed by atoms with van der Waals surface area (Å²) in [5.41, 5.74) is 1.93. The van der Waals surface area contributed by atoms with E-state index in [1.165, 1.54) is 12.3 Å². The molecule has 2 N–H and O–H groups in total. The van der Waals surface area contributed by atoms with E-state index in [-0.39, 0.29) is 5.69 Å². The molecule has 0 radical (unpaired) electrons. The molecule has 1 aromatic heterocycles. The normalized spacial score (nSPS) is 14.2. The number of H-pyrrole nitrogens is 1. The smallest absolute Gasteiger partial charge is 0.308 e. The maximum atomic E-state index is 10.7. The number of aryl methyl sites for hydroxylation is 1. The number of para-hydroxylation sites is 1. The van der Waals surface area contributed by atoms with Gasteiger partial charge in [0.25, 0.3) is 5.82 Å². The van der Waals surface area contributed by atoms with E-state index < -0.39 is 4.92 Å². The number of benzene rings is 1. The second kappa shape index (κ2) is 7.84. The van der Waals surface area contributed by atoms with E-state index in [4.69, 9.17) is 23.8 Å². The molecule has 136 valence electrons. The van der Waals surface area contributed by atoms with Crippen molar-refractivity contribution < 1.29 is 9.91 Å². The van der Waals surface area contributed by atoms with E-state index in [1.807, 2.05) is 25.1 Å². The van der Waals surface area contributed by atoms with Crippen LogP contribution in [0.25, 0.3) is 0 Å². The molecule has 26 heavy (non-hydrogen) atoms. The van der Waals surface area contributed by atoms with Crippen molar-refractivity contribution in [3.05, 3.63) is 57.2 Å². The molecule has 0 atom stereocenters. The third kappa shape index (κ3) is 4.03. The second-order valence-electron chi connectivity index (χ2n) is 6.03. The van der Waals surface area contributed by atoms with Crippen molar-refractivity contribution in [3.8, 4) is 0 Å². The summed E-state index contributed by atoms with van der Waals surface area (Å²) in [6, 6.07) is 8.97. The van der Waals surface area contributed by atoms with Gasteiger partial charge in [-0.2, -0.15) is 0 Å². The molecular weight excluding hydrogens is 374 g/mol. The van der Waals surface area contributed by atoms with Crippen molar-refractivity contribution in [1.29, 1.82) is 0 Å². The van der Waals surface area contributed by atoms with Crippen LogP contribution in [-0.2, 0) is 0 Å². The van der Waals surface area contributed by atoms with Crippen molar-refractivity contribution >= 4 is 46.1 Å². The van der Waals surface area contributed by atoms with Gasteiger partial charge in [-0.25, -0.2) is 4.98 Å². The molecule has 1 saturated heterocycles. The van der Waals surface area contributed by atoms with Crippen molar-refractivity contribution in [2.75, 3.05) is 36.4 Å². The first-order chi connectivity index (χ1) is 12.5. The van der Waals surface area contributed by atoms with Gasteiger partial charge in [-0.3, -0.25) is 15.0 Å². The zero-order chi connectivity index (χ0) is 18.7. The van der Waals surface area contributed by atoms with Crippen LogP contribution in [0, 0.1) is 17.0 Å². The minimum atomic E-state index is -0.418. The number of aromatic amines is 1. The molecule has 2 aromatic rings. The highest BCUT2D eigenvalue weighted by atomic mass is 35.5. The van der Waals surface area contributed by atoms with Crippen LogP contribution in [0.4, 0.5) is 17.2 Å². The molecule has 1 fully saturated rings. The Morgan fingerprint density at radius 3 is 2.58 bits per heavy atom. The number of pyridine rings is 1. The maximum Gasteiger partial charge on any atom is 0.308 e. The lowest BCUT2D eigenvalue weighted by Gasteiger charge is -2.33. The Kier molecular flexibility index (Phi) is 5.53. The van der Waals surface area contributed by atoms with Crippen molar-refractivity contribution in [2.24, 2.45) is 0 Å². The lowest BCUT2D eigenvalue weighted by Crippen LogP contribution is -2.51. The van der Waals surface area contributed by atoms with Crippen molar-refractivity contribution in [2.45, 2.75) is 6.92 Å². The number of nitro groups is 1. The fraction of sp³-hybridized carbons (Fsp3) is 0.294. The lowest BCUT2D eigenvalue weighted by molar-refractivity contribution is -0.414. The molecule has 0 aliphatic carbocycles. The second-order valence-corrected chi connectivity index (χ2v) is 6.82. The summed E-state index contributed by atoms with van der Waals surface area (Å²) in [4.78, 5) is 17.5. The Balaban J connectivity index is 1.59. The average Bonchev–Trinajstić information content (AvgIpc) is 2.65. The molecule has 1 aromatic carbocycles. The highest BCUT2D eigenvalue weighted by molar-refractivity contribution is 7.80. The van der Waals surface area contributed by atoms with Gasteiger partial charge >= 0.3 is 5.69 Å². The number of hydrogen-bond donors (Lipinski definition) is 1. The summed E-state index contributed by atoms with van der Waals surface area (Å²) in [5.74, 6) is 0.857. The van der Waals surface area contributed by atoms with Crippen molar-refractivity contribution in [3.63, 3.8) is 0 Å². The summed E-state index contributed by atoms with van der Waals surface area (Å²) in [6.07, 6.45) is 1.41. The van der Waals surface area contributed by atoms with Gasteiger partial charge < -0.3 is 10.2 Å². The first-order valence-corrected chi connectivity index (χ1v) is 8.96. The Labute approximate surface area is 161 Å². The summed E-state index contributed by atoms with van der Waals surface area (Å²) in [5, 5.41) is 15.3. The molecule has 9 heteroatoms.